The van der Waals surface area contributed by atoms with Crippen LogP contribution in [0.5, 0.6) is 5.75 Å². The second-order valence-corrected chi connectivity index (χ2v) is 8.16. The highest BCUT2D eigenvalue weighted by atomic mass is 32.2. The Morgan fingerprint density at radius 1 is 1.06 bits per heavy atom. The summed E-state index contributed by atoms with van der Waals surface area (Å²) in [5, 5.41) is 9.60. The molecule has 1 N–H and O–H groups in total. The van der Waals surface area contributed by atoms with Gasteiger partial charge in [0.15, 0.2) is 5.17 Å². The number of carbonyl (C=O) groups is 2. The van der Waals surface area contributed by atoms with Gasteiger partial charge in [0.05, 0.1) is 29.8 Å². The molecule has 1 aliphatic heterocycles. The Kier molecular flexibility index (Phi) is 6.55. The first-order chi connectivity index (χ1) is 15.9. The molecule has 1 heterocycles. The topological polar surface area (TPSA) is 79.2 Å². The quantitative estimate of drug-likeness (QED) is 0.501. The molecule has 0 unspecified atom stereocenters. The summed E-state index contributed by atoms with van der Waals surface area (Å²) in [4.78, 5) is 31.0. The first kappa shape index (κ1) is 22.3. The van der Waals surface area contributed by atoms with Crippen molar-refractivity contribution in [1.29, 1.82) is 0 Å². The van der Waals surface area contributed by atoms with Crippen LogP contribution in [0.1, 0.15) is 21.5 Å². The third-order valence-electron chi connectivity index (χ3n) is 4.89. The van der Waals surface area contributed by atoms with Crippen LogP contribution < -0.4 is 4.74 Å². The third kappa shape index (κ3) is 5.30. The van der Waals surface area contributed by atoms with Crippen molar-refractivity contribution in [3.05, 3.63) is 100 Å². The number of rotatable bonds is 6. The Hall–Kier alpha value is -3.91. The van der Waals surface area contributed by atoms with Crippen LogP contribution in [-0.2, 0) is 11.3 Å². The van der Waals surface area contributed by atoms with Gasteiger partial charge in [-0.3, -0.25) is 9.69 Å². The molecule has 166 valence electrons. The third-order valence-corrected chi connectivity index (χ3v) is 5.90. The number of carboxylic acid groups (broad SMARTS) is 1. The van der Waals surface area contributed by atoms with E-state index in [1.54, 1.807) is 66.6 Å². The van der Waals surface area contributed by atoms with Gasteiger partial charge in [0.25, 0.3) is 5.91 Å². The Bertz CT molecular complexity index is 1240. The fourth-order valence-electron chi connectivity index (χ4n) is 3.14. The molecule has 8 heteroatoms. The highest BCUT2D eigenvalue weighted by Crippen LogP contribution is 2.35. The van der Waals surface area contributed by atoms with Gasteiger partial charge in [-0.2, -0.15) is 0 Å². The SMILES string of the molecule is COc1ccc(N=C2S/C(=C\c3ccc(F)cc3)C(=O)N2Cc2ccc(C(=O)O)cc2)cc1. The molecule has 3 aromatic carbocycles. The highest BCUT2D eigenvalue weighted by molar-refractivity contribution is 8.18. The summed E-state index contributed by atoms with van der Waals surface area (Å²) >= 11 is 1.23. The lowest BCUT2D eigenvalue weighted by molar-refractivity contribution is -0.122. The van der Waals surface area contributed by atoms with Crippen LogP contribution in [0.3, 0.4) is 0 Å². The average Bonchev–Trinajstić information content (AvgIpc) is 3.10. The standard InChI is InChI=1S/C25H19FN2O4S/c1-32-21-12-10-20(11-13-21)27-25-28(15-17-2-6-18(7-3-17)24(30)31)23(29)22(33-25)14-16-4-8-19(26)9-5-16/h2-14H,15H2,1H3,(H,30,31)/b22-14-,27-25?. The van der Waals surface area contributed by atoms with E-state index in [2.05, 4.69) is 4.99 Å². The van der Waals surface area contributed by atoms with Crippen molar-refractivity contribution in [2.75, 3.05) is 7.11 Å². The molecule has 0 spiro atoms. The Morgan fingerprint density at radius 3 is 2.33 bits per heavy atom. The van der Waals surface area contributed by atoms with Crippen molar-refractivity contribution < 1.29 is 23.8 Å². The zero-order valence-electron chi connectivity index (χ0n) is 17.6. The molecule has 0 saturated carbocycles. The van der Waals surface area contributed by atoms with E-state index in [0.29, 0.717) is 27.1 Å². The molecule has 6 nitrogen and oxygen atoms in total. The molecule has 3 aromatic rings. The molecule has 0 bridgehead atoms. The molecule has 1 fully saturated rings. The molecule has 33 heavy (non-hydrogen) atoms. The fourth-order valence-corrected chi connectivity index (χ4v) is 4.14. The van der Waals surface area contributed by atoms with Crippen LogP contribution >= 0.6 is 11.8 Å². The monoisotopic (exact) mass is 462 g/mol. The molecule has 0 radical (unpaired) electrons. The van der Waals surface area contributed by atoms with Crippen LogP contribution in [0.2, 0.25) is 0 Å². The number of aromatic carboxylic acids is 1. The van der Waals surface area contributed by atoms with Crippen LogP contribution in [0, 0.1) is 5.82 Å². The van der Waals surface area contributed by atoms with Gasteiger partial charge in [0.2, 0.25) is 0 Å². The van der Waals surface area contributed by atoms with Gasteiger partial charge in [-0.1, -0.05) is 24.3 Å². The van der Waals surface area contributed by atoms with Crippen molar-refractivity contribution in [2.24, 2.45) is 4.99 Å². The largest absolute Gasteiger partial charge is 0.497 e. The molecule has 0 atom stereocenters. The fraction of sp³-hybridized carbons (Fsp3) is 0.0800. The van der Waals surface area contributed by atoms with Crippen LogP contribution in [0.15, 0.2) is 82.7 Å². The van der Waals surface area contributed by atoms with Gasteiger partial charge in [0.1, 0.15) is 11.6 Å². The molecule has 1 aliphatic rings. The Morgan fingerprint density at radius 2 is 1.73 bits per heavy atom. The van der Waals surface area contributed by atoms with E-state index < -0.39 is 5.97 Å². The van der Waals surface area contributed by atoms with Crippen LogP contribution in [0.25, 0.3) is 6.08 Å². The number of nitrogens with zero attached hydrogens (tertiary/aromatic N) is 2. The van der Waals surface area contributed by atoms with Crippen molar-refractivity contribution in [1.82, 2.24) is 4.90 Å². The average molecular weight is 463 g/mol. The lowest BCUT2D eigenvalue weighted by Gasteiger charge is -2.16. The summed E-state index contributed by atoms with van der Waals surface area (Å²) < 4.78 is 18.4. The first-order valence-corrected chi connectivity index (χ1v) is 10.8. The van der Waals surface area contributed by atoms with Gasteiger partial charge >= 0.3 is 5.97 Å². The summed E-state index contributed by atoms with van der Waals surface area (Å²) in [7, 11) is 1.58. The number of carboxylic acids is 1. The van der Waals surface area contributed by atoms with Gasteiger partial charge in [-0.25, -0.2) is 14.2 Å². The van der Waals surface area contributed by atoms with Crippen LogP contribution in [0.4, 0.5) is 10.1 Å². The summed E-state index contributed by atoms with van der Waals surface area (Å²) in [5.41, 5.74) is 2.29. The van der Waals surface area contributed by atoms with E-state index in [-0.39, 0.29) is 23.8 Å². The smallest absolute Gasteiger partial charge is 0.335 e. The number of benzene rings is 3. The van der Waals surface area contributed by atoms with E-state index in [9.17, 15) is 14.0 Å². The maximum atomic E-state index is 13.3. The summed E-state index contributed by atoms with van der Waals surface area (Å²) in [6.07, 6.45) is 1.70. The number of thioether (sulfide) groups is 1. The number of hydrogen-bond donors (Lipinski definition) is 1. The van der Waals surface area contributed by atoms with E-state index in [0.717, 1.165) is 5.56 Å². The minimum absolute atomic E-state index is 0.171. The summed E-state index contributed by atoms with van der Waals surface area (Å²) in [6, 6.07) is 19.4. The molecule has 0 aromatic heterocycles. The molecule has 4 rings (SSSR count). The number of aliphatic imine (C=N–C) groups is 1. The lowest BCUT2D eigenvalue weighted by Crippen LogP contribution is -2.28. The second kappa shape index (κ2) is 9.70. The predicted molar refractivity (Wildman–Crippen MR) is 126 cm³/mol. The van der Waals surface area contributed by atoms with Gasteiger partial charge < -0.3 is 9.84 Å². The molecule has 1 amide bonds. The summed E-state index contributed by atoms with van der Waals surface area (Å²) in [5.74, 6) is -0.906. The number of halogens is 1. The molecular weight excluding hydrogens is 443 g/mol. The van der Waals surface area contributed by atoms with E-state index in [1.165, 1.54) is 36.0 Å². The molecule has 0 aliphatic carbocycles. The maximum Gasteiger partial charge on any atom is 0.335 e. The lowest BCUT2D eigenvalue weighted by atomic mass is 10.1. The zero-order valence-corrected chi connectivity index (χ0v) is 18.4. The van der Waals surface area contributed by atoms with E-state index in [1.807, 2.05) is 0 Å². The number of amides is 1. The highest BCUT2D eigenvalue weighted by Gasteiger charge is 2.33. The second-order valence-electron chi connectivity index (χ2n) is 7.15. The number of hydrogen-bond acceptors (Lipinski definition) is 5. The van der Waals surface area contributed by atoms with Crippen molar-refractivity contribution in [3.8, 4) is 5.75 Å². The Balaban J connectivity index is 1.67. The van der Waals surface area contributed by atoms with Gasteiger partial charge in [-0.05, 0) is 77.5 Å². The number of carbonyl (C=O) groups excluding carboxylic acids is 1. The normalized spacial score (nSPS) is 15.9. The zero-order chi connectivity index (χ0) is 23.4. The van der Waals surface area contributed by atoms with E-state index >= 15 is 0 Å². The van der Waals surface area contributed by atoms with Crippen molar-refractivity contribution >= 4 is 40.6 Å². The Labute approximate surface area is 194 Å². The minimum Gasteiger partial charge on any atom is -0.497 e. The van der Waals surface area contributed by atoms with Gasteiger partial charge in [-0.15, -0.1) is 0 Å². The number of methoxy groups -OCH3 is 1. The minimum atomic E-state index is -1.01. The molecule has 1 saturated heterocycles. The maximum absolute atomic E-state index is 13.3. The van der Waals surface area contributed by atoms with E-state index in [4.69, 9.17) is 9.84 Å². The predicted octanol–water partition coefficient (Wildman–Crippen LogP) is 5.34. The molecular formula is C25H19FN2O4S. The van der Waals surface area contributed by atoms with Gasteiger partial charge in [0, 0.05) is 0 Å². The number of ether oxygens (including phenoxy) is 1. The van der Waals surface area contributed by atoms with Crippen LogP contribution in [-0.4, -0.2) is 34.2 Å². The first-order valence-electron chi connectivity index (χ1n) is 9.95. The number of amidine groups is 1. The summed E-state index contributed by atoms with van der Waals surface area (Å²) in [6.45, 7) is 0.224. The van der Waals surface area contributed by atoms with Crippen molar-refractivity contribution in [2.45, 2.75) is 6.54 Å². The van der Waals surface area contributed by atoms with Crippen molar-refractivity contribution in [3.63, 3.8) is 0 Å².